The third-order valence-electron chi connectivity index (χ3n) is 4.94. The van der Waals surface area contributed by atoms with Gasteiger partial charge in [-0.3, -0.25) is 9.78 Å². The molecule has 0 radical (unpaired) electrons. The van der Waals surface area contributed by atoms with Gasteiger partial charge in [0, 0.05) is 6.54 Å². The summed E-state index contributed by atoms with van der Waals surface area (Å²) in [5.41, 5.74) is 3.51. The van der Waals surface area contributed by atoms with E-state index in [0.29, 0.717) is 30.1 Å². The second kappa shape index (κ2) is 8.26. The molecule has 2 aromatic heterocycles. The summed E-state index contributed by atoms with van der Waals surface area (Å²) in [5.74, 6) is 1.23. The Bertz CT molecular complexity index is 1250. The molecule has 2 heterocycles. The van der Waals surface area contributed by atoms with Crippen LogP contribution in [0.5, 0.6) is 5.75 Å². The van der Waals surface area contributed by atoms with Crippen LogP contribution in [-0.2, 0) is 18.7 Å². The molecule has 0 aliphatic carbocycles. The standard InChI is InChI=1S/C24H27N5O2/c1-16-6-5-7-18(12-16)15-31-19-10-8-17(9-11-19)13-25-23-27-21-20(22(30)28-23)14-26-29(21)24(2,3)4/h5-12,14H,13,15H2,1-4H3,(H2,25,27,28,30). The first-order chi connectivity index (χ1) is 14.8. The number of aryl methyl sites for hydroxylation is 1. The second-order valence-corrected chi connectivity index (χ2v) is 8.65. The van der Waals surface area contributed by atoms with Crippen molar-refractivity contribution in [3.05, 3.63) is 81.8 Å². The molecule has 4 rings (SSSR count). The lowest BCUT2D eigenvalue weighted by molar-refractivity contribution is 0.306. The molecule has 0 spiro atoms. The van der Waals surface area contributed by atoms with Gasteiger partial charge >= 0.3 is 0 Å². The SMILES string of the molecule is Cc1cccc(COc2ccc(CNc3nc4c(cnn4C(C)(C)C)c(=O)[nH]3)cc2)c1. The first kappa shape index (κ1) is 20.7. The molecule has 160 valence electrons. The highest BCUT2D eigenvalue weighted by molar-refractivity contribution is 5.74. The molecule has 7 nitrogen and oxygen atoms in total. The van der Waals surface area contributed by atoms with Crippen LogP contribution >= 0.6 is 0 Å². The van der Waals surface area contributed by atoms with Gasteiger partial charge < -0.3 is 10.1 Å². The summed E-state index contributed by atoms with van der Waals surface area (Å²) < 4.78 is 7.64. The summed E-state index contributed by atoms with van der Waals surface area (Å²) in [6.45, 7) is 9.21. The molecular weight excluding hydrogens is 390 g/mol. The van der Waals surface area contributed by atoms with E-state index in [4.69, 9.17) is 4.74 Å². The van der Waals surface area contributed by atoms with Crippen LogP contribution in [0, 0.1) is 6.92 Å². The van der Waals surface area contributed by atoms with Crippen molar-refractivity contribution >= 4 is 17.0 Å². The van der Waals surface area contributed by atoms with Crippen LogP contribution in [0.4, 0.5) is 5.95 Å². The molecule has 31 heavy (non-hydrogen) atoms. The number of nitrogens with one attached hydrogen (secondary N) is 2. The molecule has 0 aliphatic rings. The summed E-state index contributed by atoms with van der Waals surface area (Å²) in [5, 5.41) is 8.01. The van der Waals surface area contributed by atoms with Crippen LogP contribution < -0.4 is 15.6 Å². The zero-order valence-electron chi connectivity index (χ0n) is 18.3. The minimum atomic E-state index is -0.270. The molecule has 0 bridgehead atoms. The van der Waals surface area contributed by atoms with Gasteiger partial charge in [0.15, 0.2) is 5.65 Å². The second-order valence-electron chi connectivity index (χ2n) is 8.65. The molecule has 0 amide bonds. The van der Waals surface area contributed by atoms with E-state index in [9.17, 15) is 4.79 Å². The maximum Gasteiger partial charge on any atom is 0.263 e. The van der Waals surface area contributed by atoms with E-state index in [2.05, 4.69) is 45.5 Å². The molecule has 0 saturated carbocycles. The molecule has 0 fully saturated rings. The highest BCUT2D eigenvalue weighted by Crippen LogP contribution is 2.19. The Balaban J connectivity index is 1.42. The number of rotatable bonds is 6. The molecular formula is C24H27N5O2. The van der Waals surface area contributed by atoms with Crippen molar-refractivity contribution in [3.63, 3.8) is 0 Å². The normalized spacial score (nSPS) is 11.6. The fourth-order valence-electron chi connectivity index (χ4n) is 3.35. The minimum absolute atomic E-state index is 0.206. The molecule has 7 heteroatoms. The summed E-state index contributed by atoms with van der Waals surface area (Å²) in [6, 6.07) is 16.2. The van der Waals surface area contributed by atoms with Gasteiger partial charge in [0.2, 0.25) is 5.95 Å². The number of H-pyrrole nitrogens is 1. The van der Waals surface area contributed by atoms with Crippen LogP contribution in [0.25, 0.3) is 11.0 Å². The fraction of sp³-hybridized carbons (Fsp3) is 0.292. The number of nitrogens with zero attached hydrogens (tertiary/aromatic N) is 3. The lowest BCUT2D eigenvalue weighted by atomic mass is 10.1. The van der Waals surface area contributed by atoms with Crippen LogP contribution in [0.3, 0.4) is 0 Å². The summed E-state index contributed by atoms with van der Waals surface area (Å²) >= 11 is 0. The Labute approximate surface area is 181 Å². The highest BCUT2D eigenvalue weighted by Gasteiger charge is 2.19. The smallest absolute Gasteiger partial charge is 0.263 e. The molecule has 0 atom stereocenters. The number of benzene rings is 2. The lowest BCUT2D eigenvalue weighted by Gasteiger charge is -2.19. The van der Waals surface area contributed by atoms with Crippen LogP contribution in [0.1, 0.15) is 37.5 Å². The Morgan fingerprint density at radius 1 is 1.10 bits per heavy atom. The summed E-state index contributed by atoms with van der Waals surface area (Å²) in [6.07, 6.45) is 1.56. The maximum atomic E-state index is 12.4. The number of anilines is 1. The molecule has 0 unspecified atom stereocenters. The van der Waals surface area contributed by atoms with Crippen LogP contribution in [-0.4, -0.2) is 19.7 Å². The van der Waals surface area contributed by atoms with Gasteiger partial charge in [0.25, 0.3) is 5.56 Å². The first-order valence-corrected chi connectivity index (χ1v) is 10.3. The molecule has 2 aromatic carbocycles. The van der Waals surface area contributed by atoms with E-state index in [1.807, 2.05) is 51.1 Å². The van der Waals surface area contributed by atoms with Crippen molar-refractivity contribution in [2.75, 3.05) is 5.32 Å². The predicted octanol–water partition coefficient (Wildman–Crippen LogP) is 4.37. The molecule has 0 saturated heterocycles. The van der Waals surface area contributed by atoms with E-state index < -0.39 is 0 Å². The molecule has 2 N–H and O–H groups in total. The van der Waals surface area contributed by atoms with E-state index in [-0.39, 0.29) is 11.1 Å². The minimum Gasteiger partial charge on any atom is -0.489 e. The zero-order chi connectivity index (χ0) is 22.0. The largest absolute Gasteiger partial charge is 0.489 e. The van der Waals surface area contributed by atoms with Crippen LogP contribution in [0.15, 0.2) is 59.5 Å². The van der Waals surface area contributed by atoms with Gasteiger partial charge in [-0.1, -0.05) is 42.0 Å². The monoisotopic (exact) mass is 417 g/mol. The number of hydrogen-bond donors (Lipinski definition) is 2. The average Bonchev–Trinajstić information content (AvgIpc) is 3.17. The van der Waals surface area contributed by atoms with Crippen LogP contribution in [0.2, 0.25) is 0 Å². The topological polar surface area (TPSA) is 84.8 Å². The third-order valence-corrected chi connectivity index (χ3v) is 4.94. The van der Waals surface area contributed by atoms with E-state index in [1.54, 1.807) is 10.9 Å². The first-order valence-electron chi connectivity index (χ1n) is 10.3. The summed E-state index contributed by atoms with van der Waals surface area (Å²) in [4.78, 5) is 19.8. The summed E-state index contributed by atoms with van der Waals surface area (Å²) in [7, 11) is 0. The number of aromatic amines is 1. The van der Waals surface area contributed by atoms with Crippen molar-refractivity contribution in [3.8, 4) is 5.75 Å². The van der Waals surface area contributed by atoms with Gasteiger partial charge in [-0.25, -0.2) is 4.68 Å². The Kier molecular flexibility index (Phi) is 5.50. The third kappa shape index (κ3) is 4.77. The Morgan fingerprint density at radius 2 is 1.87 bits per heavy atom. The van der Waals surface area contributed by atoms with E-state index >= 15 is 0 Å². The van der Waals surface area contributed by atoms with Crippen molar-refractivity contribution in [1.82, 2.24) is 19.7 Å². The predicted molar refractivity (Wildman–Crippen MR) is 122 cm³/mol. The van der Waals surface area contributed by atoms with E-state index in [0.717, 1.165) is 16.9 Å². The number of ether oxygens (including phenoxy) is 1. The lowest BCUT2D eigenvalue weighted by Crippen LogP contribution is -2.24. The average molecular weight is 418 g/mol. The van der Waals surface area contributed by atoms with Gasteiger partial charge in [-0.15, -0.1) is 0 Å². The van der Waals surface area contributed by atoms with E-state index in [1.165, 1.54) is 5.56 Å². The number of fused-ring (bicyclic) bond motifs is 1. The Hall–Kier alpha value is -3.61. The molecule has 4 aromatic rings. The number of aromatic nitrogens is 4. The van der Waals surface area contributed by atoms with Gasteiger partial charge in [0.1, 0.15) is 17.7 Å². The van der Waals surface area contributed by atoms with Gasteiger partial charge in [0.05, 0.1) is 11.7 Å². The molecule has 0 aliphatic heterocycles. The quantitative estimate of drug-likeness (QED) is 0.486. The zero-order valence-corrected chi connectivity index (χ0v) is 18.3. The number of hydrogen-bond acceptors (Lipinski definition) is 5. The highest BCUT2D eigenvalue weighted by atomic mass is 16.5. The van der Waals surface area contributed by atoms with Gasteiger partial charge in [-0.05, 0) is 51.0 Å². The fourth-order valence-corrected chi connectivity index (χ4v) is 3.35. The van der Waals surface area contributed by atoms with Crippen molar-refractivity contribution in [1.29, 1.82) is 0 Å². The van der Waals surface area contributed by atoms with Crippen molar-refractivity contribution in [2.45, 2.75) is 46.4 Å². The van der Waals surface area contributed by atoms with Crippen molar-refractivity contribution in [2.24, 2.45) is 0 Å². The van der Waals surface area contributed by atoms with Gasteiger partial charge in [-0.2, -0.15) is 10.1 Å². The van der Waals surface area contributed by atoms with Crippen molar-refractivity contribution < 1.29 is 4.74 Å². The Morgan fingerprint density at radius 3 is 2.58 bits per heavy atom. The maximum absolute atomic E-state index is 12.4.